The highest BCUT2D eigenvalue weighted by molar-refractivity contribution is 6.01. The number of phenols is 1. The third-order valence-electron chi connectivity index (χ3n) is 3.09. The summed E-state index contributed by atoms with van der Waals surface area (Å²) in [7, 11) is 4.59. The summed E-state index contributed by atoms with van der Waals surface area (Å²) in [4.78, 5) is 11.4. The highest BCUT2D eigenvalue weighted by Gasteiger charge is 2.23. The summed E-state index contributed by atoms with van der Waals surface area (Å²) in [5.74, 6) is -0.0451. The molecule has 0 atom stereocenters. The lowest BCUT2D eigenvalue weighted by molar-refractivity contribution is -0.131. The van der Waals surface area contributed by atoms with Crippen molar-refractivity contribution in [2.75, 3.05) is 26.6 Å². The van der Waals surface area contributed by atoms with Gasteiger partial charge in [0.15, 0.2) is 11.5 Å². The zero-order valence-electron chi connectivity index (χ0n) is 12.3. The first-order valence-corrected chi connectivity index (χ1v) is 6.30. The van der Waals surface area contributed by atoms with E-state index in [1.165, 1.54) is 21.1 Å². The van der Waals surface area contributed by atoms with Gasteiger partial charge in [-0.05, 0) is 18.2 Å². The first-order valence-electron chi connectivity index (χ1n) is 6.30. The number of carbonyl (C=O) groups is 1. The number of phenolic OH excluding ortho intramolecular Hbond substituents is 1. The van der Waals surface area contributed by atoms with Crippen LogP contribution < -0.4 is 19.5 Å². The van der Waals surface area contributed by atoms with Crippen LogP contribution in [0.2, 0.25) is 0 Å². The van der Waals surface area contributed by atoms with Gasteiger partial charge in [0.25, 0.3) is 0 Å². The van der Waals surface area contributed by atoms with Crippen LogP contribution in [0, 0.1) is 0 Å². The van der Waals surface area contributed by atoms with Crippen molar-refractivity contribution < 1.29 is 24.1 Å². The van der Waals surface area contributed by atoms with E-state index >= 15 is 0 Å². The van der Waals surface area contributed by atoms with E-state index in [2.05, 4.69) is 5.32 Å². The molecule has 0 aliphatic rings. The number of rotatable bonds is 4. The molecule has 0 bridgehead atoms. The minimum Gasteiger partial charge on any atom is -0.504 e. The summed E-state index contributed by atoms with van der Waals surface area (Å²) in [6.07, 6.45) is 0. The second-order valence-electron chi connectivity index (χ2n) is 4.35. The van der Waals surface area contributed by atoms with Crippen LogP contribution in [0.25, 0.3) is 10.8 Å². The van der Waals surface area contributed by atoms with Crippen LogP contribution >= 0.6 is 0 Å². The van der Waals surface area contributed by atoms with Crippen molar-refractivity contribution in [1.82, 2.24) is 0 Å². The largest absolute Gasteiger partial charge is 0.504 e. The van der Waals surface area contributed by atoms with Gasteiger partial charge in [0.05, 0.1) is 14.2 Å². The molecule has 2 N–H and O–H groups in total. The lowest BCUT2D eigenvalue weighted by atomic mass is 10.1. The molecular formula is C15H17NO5. The third kappa shape index (κ3) is 2.52. The van der Waals surface area contributed by atoms with Crippen LogP contribution in [-0.4, -0.2) is 32.3 Å². The minimum absolute atomic E-state index is 0.0668. The van der Waals surface area contributed by atoms with E-state index in [1.54, 1.807) is 25.2 Å². The Balaban J connectivity index is 2.89. The van der Waals surface area contributed by atoms with Gasteiger partial charge >= 0.3 is 5.97 Å². The molecule has 0 aliphatic heterocycles. The van der Waals surface area contributed by atoms with Gasteiger partial charge in [-0.2, -0.15) is 0 Å². The van der Waals surface area contributed by atoms with Gasteiger partial charge in [0.2, 0.25) is 11.5 Å². The Morgan fingerprint density at radius 2 is 1.76 bits per heavy atom. The van der Waals surface area contributed by atoms with E-state index in [-0.39, 0.29) is 23.0 Å². The summed E-state index contributed by atoms with van der Waals surface area (Å²) >= 11 is 0. The molecule has 0 saturated carbocycles. The van der Waals surface area contributed by atoms with Crippen molar-refractivity contribution in [3.05, 3.63) is 18.2 Å². The molecule has 6 heteroatoms. The number of aromatic hydroxyl groups is 1. The Bertz CT molecular complexity index is 696. The van der Waals surface area contributed by atoms with E-state index in [0.717, 1.165) is 5.69 Å². The van der Waals surface area contributed by atoms with Crippen molar-refractivity contribution in [1.29, 1.82) is 0 Å². The van der Waals surface area contributed by atoms with E-state index < -0.39 is 5.97 Å². The topological polar surface area (TPSA) is 77.0 Å². The molecule has 21 heavy (non-hydrogen) atoms. The normalized spacial score (nSPS) is 10.3. The lowest BCUT2D eigenvalue weighted by Gasteiger charge is -2.17. The van der Waals surface area contributed by atoms with Crippen molar-refractivity contribution in [2.45, 2.75) is 6.92 Å². The quantitative estimate of drug-likeness (QED) is 0.666. The highest BCUT2D eigenvalue weighted by Crippen LogP contribution is 2.50. The van der Waals surface area contributed by atoms with Crippen molar-refractivity contribution in [3.63, 3.8) is 0 Å². The SMILES string of the molecule is CNc1ccc2c(O)c(OC)c(OC)c(OC(C)=O)c2c1. The fourth-order valence-electron chi connectivity index (χ4n) is 2.17. The highest BCUT2D eigenvalue weighted by atomic mass is 16.6. The van der Waals surface area contributed by atoms with Crippen LogP contribution in [-0.2, 0) is 4.79 Å². The van der Waals surface area contributed by atoms with Gasteiger partial charge in [-0.1, -0.05) is 0 Å². The number of esters is 1. The minimum atomic E-state index is -0.489. The molecule has 0 radical (unpaired) electrons. The Labute approximate surface area is 122 Å². The van der Waals surface area contributed by atoms with Gasteiger partial charge in [0.1, 0.15) is 0 Å². The number of nitrogens with one attached hydrogen (secondary N) is 1. The summed E-state index contributed by atoms with van der Waals surface area (Å²) in [5, 5.41) is 14.4. The fraction of sp³-hybridized carbons (Fsp3) is 0.267. The molecule has 0 aromatic heterocycles. The van der Waals surface area contributed by atoms with Gasteiger partial charge in [-0.15, -0.1) is 0 Å². The average Bonchev–Trinajstić information content (AvgIpc) is 2.48. The number of methoxy groups -OCH3 is 2. The maximum atomic E-state index is 11.4. The number of hydrogen-bond acceptors (Lipinski definition) is 6. The predicted octanol–water partition coefficient (Wildman–Crippen LogP) is 2.53. The molecule has 6 nitrogen and oxygen atoms in total. The number of anilines is 1. The number of ether oxygens (including phenoxy) is 3. The first-order chi connectivity index (χ1) is 10.0. The van der Waals surface area contributed by atoms with Crippen molar-refractivity contribution >= 4 is 22.4 Å². The first kappa shape index (κ1) is 14.8. The fourth-order valence-corrected chi connectivity index (χ4v) is 2.17. The van der Waals surface area contributed by atoms with Crippen LogP contribution in [0.4, 0.5) is 5.69 Å². The molecule has 0 aliphatic carbocycles. The standard InChI is InChI=1S/C15H17NO5/c1-8(17)21-13-11-7-9(16-2)5-6-10(11)12(18)14(19-3)15(13)20-4/h5-7,16,18H,1-4H3. The van der Waals surface area contributed by atoms with Crippen LogP contribution in [0.5, 0.6) is 23.0 Å². The molecule has 0 unspecified atom stereocenters. The summed E-state index contributed by atoms with van der Waals surface area (Å²) in [6.45, 7) is 1.30. The molecule has 2 aromatic carbocycles. The summed E-state index contributed by atoms with van der Waals surface area (Å²) in [6, 6.07) is 5.27. The maximum absolute atomic E-state index is 11.4. The zero-order chi connectivity index (χ0) is 15.6. The summed E-state index contributed by atoms with van der Waals surface area (Å²) in [5.41, 5.74) is 0.808. The second-order valence-corrected chi connectivity index (χ2v) is 4.35. The number of fused-ring (bicyclic) bond motifs is 1. The van der Waals surface area contributed by atoms with Crippen LogP contribution in [0.15, 0.2) is 18.2 Å². The molecule has 0 heterocycles. The number of hydrogen-bond donors (Lipinski definition) is 2. The van der Waals surface area contributed by atoms with Gasteiger partial charge < -0.3 is 24.6 Å². The molecule has 2 rings (SSSR count). The monoisotopic (exact) mass is 291 g/mol. The van der Waals surface area contributed by atoms with Gasteiger partial charge in [-0.3, -0.25) is 4.79 Å². The smallest absolute Gasteiger partial charge is 0.308 e. The lowest BCUT2D eigenvalue weighted by Crippen LogP contribution is -2.05. The van der Waals surface area contributed by atoms with Gasteiger partial charge in [-0.25, -0.2) is 0 Å². The van der Waals surface area contributed by atoms with Crippen molar-refractivity contribution in [2.24, 2.45) is 0 Å². The van der Waals surface area contributed by atoms with Crippen LogP contribution in [0.1, 0.15) is 6.92 Å². The Hall–Kier alpha value is -2.63. The second kappa shape index (κ2) is 5.78. The summed E-state index contributed by atoms with van der Waals surface area (Å²) < 4.78 is 15.7. The van der Waals surface area contributed by atoms with Crippen molar-refractivity contribution in [3.8, 4) is 23.0 Å². The van der Waals surface area contributed by atoms with Gasteiger partial charge in [0, 0.05) is 30.4 Å². The maximum Gasteiger partial charge on any atom is 0.308 e. The molecule has 2 aromatic rings. The van der Waals surface area contributed by atoms with E-state index in [9.17, 15) is 9.90 Å². The average molecular weight is 291 g/mol. The predicted molar refractivity (Wildman–Crippen MR) is 79.6 cm³/mol. The van der Waals surface area contributed by atoms with E-state index in [0.29, 0.717) is 10.8 Å². The molecule has 0 saturated heterocycles. The number of carbonyl (C=O) groups excluding carboxylic acids is 1. The number of benzene rings is 2. The van der Waals surface area contributed by atoms with Crippen LogP contribution in [0.3, 0.4) is 0 Å². The Morgan fingerprint density at radius 1 is 1.10 bits per heavy atom. The molecule has 0 spiro atoms. The third-order valence-corrected chi connectivity index (χ3v) is 3.09. The molecule has 112 valence electrons. The van der Waals surface area contributed by atoms with E-state index in [1.807, 2.05) is 0 Å². The zero-order valence-corrected chi connectivity index (χ0v) is 12.3. The Morgan fingerprint density at radius 3 is 2.29 bits per heavy atom. The Kier molecular flexibility index (Phi) is 4.07. The molecular weight excluding hydrogens is 274 g/mol. The van der Waals surface area contributed by atoms with E-state index in [4.69, 9.17) is 14.2 Å². The molecule has 0 amide bonds. The molecule has 0 fully saturated rings.